The van der Waals surface area contributed by atoms with Crippen molar-refractivity contribution in [3.05, 3.63) is 58.1 Å². The highest BCUT2D eigenvalue weighted by atomic mass is 35.5. The third-order valence-electron chi connectivity index (χ3n) is 5.02. The maximum absolute atomic E-state index is 12.8. The van der Waals surface area contributed by atoms with Gasteiger partial charge in [-0.05, 0) is 43.2 Å². The number of carbonyl (C=O) groups excluding carboxylic acids is 2. The molecule has 0 spiro atoms. The second-order valence-corrected chi connectivity index (χ2v) is 9.96. The molecule has 166 valence electrons. The van der Waals surface area contributed by atoms with E-state index in [1.807, 2.05) is 0 Å². The largest absolute Gasteiger partial charge is 0.332 e. The topological polar surface area (TPSA) is 95.6 Å². The second kappa shape index (κ2) is 9.99. The standard InChI is InChI=1S/C21H23Cl2N3O4S/c1-26(13-19(27)24-20-17(22)10-5-11-18(20)23)21(28)14-6-4-9-16(12-14)31(29,30)25-15-7-2-3-8-15/h4-6,9-12,15,25H,2-3,7-8,13H2,1H3,(H,24,27). The summed E-state index contributed by atoms with van der Waals surface area (Å²) in [7, 11) is -2.28. The Morgan fingerprint density at radius 2 is 1.68 bits per heavy atom. The molecule has 2 amide bonds. The van der Waals surface area contributed by atoms with Crippen LogP contribution in [0.2, 0.25) is 10.0 Å². The third-order valence-corrected chi connectivity index (χ3v) is 7.17. The lowest BCUT2D eigenvalue weighted by atomic mass is 10.2. The van der Waals surface area contributed by atoms with Gasteiger partial charge in [-0.2, -0.15) is 0 Å². The molecule has 1 saturated carbocycles. The Bertz CT molecular complexity index is 1070. The van der Waals surface area contributed by atoms with Crippen LogP contribution in [0.15, 0.2) is 47.4 Å². The lowest BCUT2D eigenvalue weighted by molar-refractivity contribution is -0.116. The Balaban J connectivity index is 1.68. The average Bonchev–Trinajstić information content (AvgIpc) is 3.22. The normalized spacial score (nSPS) is 14.4. The molecule has 1 aliphatic carbocycles. The molecule has 2 aromatic rings. The Labute approximate surface area is 191 Å². The van der Waals surface area contributed by atoms with Gasteiger partial charge in [-0.15, -0.1) is 0 Å². The molecular weight excluding hydrogens is 461 g/mol. The number of nitrogens with zero attached hydrogens (tertiary/aromatic N) is 1. The summed E-state index contributed by atoms with van der Waals surface area (Å²) in [5, 5.41) is 3.15. The zero-order chi connectivity index (χ0) is 22.6. The Morgan fingerprint density at radius 1 is 1.06 bits per heavy atom. The Hall–Kier alpha value is -2.13. The van der Waals surface area contributed by atoms with Gasteiger partial charge in [-0.3, -0.25) is 9.59 Å². The first-order valence-electron chi connectivity index (χ1n) is 9.79. The number of hydrogen-bond donors (Lipinski definition) is 2. The number of anilines is 1. The highest BCUT2D eigenvalue weighted by Crippen LogP contribution is 2.29. The fourth-order valence-electron chi connectivity index (χ4n) is 3.43. The number of nitrogens with one attached hydrogen (secondary N) is 2. The number of sulfonamides is 1. The first-order chi connectivity index (χ1) is 14.7. The summed E-state index contributed by atoms with van der Waals surface area (Å²) in [6.45, 7) is -0.266. The van der Waals surface area contributed by atoms with Gasteiger partial charge in [-0.1, -0.05) is 48.2 Å². The van der Waals surface area contributed by atoms with Gasteiger partial charge in [0.05, 0.1) is 27.2 Å². The first kappa shape index (κ1) is 23.5. The van der Waals surface area contributed by atoms with Crippen molar-refractivity contribution in [2.75, 3.05) is 18.9 Å². The lowest BCUT2D eigenvalue weighted by Crippen LogP contribution is -2.35. The summed E-state index contributed by atoms with van der Waals surface area (Å²) in [6.07, 6.45) is 3.62. The van der Waals surface area contributed by atoms with Crippen LogP contribution in [0.4, 0.5) is 5.69 Å². The maximum Gasteiger partial charge on any atom is 0.254 e. The molecule has 0 heterocycles. The summed E-state index contributed by atoms with van der Waals surface area (Å²) in [6, 6.07) is 10.5. The maximum atomic E-state index is 12.8. The van der Waals surface area contributed by atoms with E-state index in [1.54, 1.807) is 18.2 Å². The van der Waals surface area contributed by atoms with Crippen LogP contribution in [-0.2, 0) is 14.8 Å². The number of benzene rings is 2. The van der Waals surface area contributed by atoms with Gasteiger partial charge in [-0.25, -0.2) is 13.1 Å². The Morgan fingerprint density at radius 3 is 2.32 bits per heavy atom. The molecular formula is C21H23Cl2N3O4S. The number of hydrogen-bond acceptors (Lipinski definition) is 4. The summed E-state index contributed by atoms with van der Waals surface area (Å²) in [5.74, 6) is -0.976. The molecule has 0 aliphatic heterocycles. The number of amides is 2. The van der Waals surface area contributed by atoms with E-state index in [0.29, 0.717) is 0 Å². The SMILES string of the molecule is CN(CC(=O)Nc1c(Cl)cccc1Cl)C(=O)c1cccc(S(=O)(=O)NC2CCCC2)c1. The highest BCUT2D eigenvalue weighted by molar-refractivity contribution is 7.89. The minimum absolute atomic E-state index is 0.0194. The van der Waals surface area contributed by atoms with Crippen molar-refractivity contribution in [2.24, 2.45) is 0 Å². The molecule has 2 N–H and O–H groups in total. The van der Waals surface area contributed by atoms with Crippen LogP contribution < -0.4 is 10.0 Å². The van der Waals surface area contributed by atoms with Gasteiger partial charge >= 0.3 is 0 Å². The van der Waals surface area contributed by atoms with E-state index in [9.17, 15) is 18.0 Å². The predicted octanol–water partition coefficient (Wildman–Crippen LogP) is 3.93. The fourth-order valence-corrected chi connectivity index (χ4v) is 5.27. The summed E-state index contributed by atoms with van der Waals surface area (Å²) < 4.78 is 28.0. The molecule has 0 radical (unpaired) electrons. The van der Waals surface area contributed by atoms with E-state index < -0.39 is 21.8 Å². The van der Waals surface area contributed by atoms with Crippen molar-refractivity contribution in [2.45, 2.75) is 36.6 Å². The molecule has 0 bridgehead atoms. The minimum atomic E-state index is -3.73. The molecule has 0 unspecified atom stereocenters. The molecule has 3 rings (SSSR count). The predicted molar refractivity (Wildman–Crippen MR) is 121 cm³/mol. The average molecular weight is 484 g/mol. The van der Waals surface area contributed by atoms with E-state index in [0.717, 1.165) is 25.7 Å². The van der Waals surface area contributed by atoms with Crippen LogP contribution in [0.1, 0.15) is 36.0 Å². The van der Waals surface area contributed by atoms with E-state index in [4.69, 9.17) is 23.2 Å². The summed E-state index contributed by atoms with van der Waals surface area (Å²) in [5.41, 5.74) is 0.433. The first-order valence-corrected chi connectivity index (χ1v) is 12.0. The number of rotatable bonds is 7. The lowest BCUT2D eigenvalue weighted by Gasteiger charge is -2.18. The van der Waals surface area contributed by atoms with Crippen LogP contribution in [0.3, 0.4) is 0 Å². The molecule has 1 fully saturated rings. The summed E-state index contributed by atoms with van der Waals surface area (Å²) in [4.78, 5) is 26.3. The van der Waals surface area contributed by atoms with Crippen molar-refractivity contribution in [1.82, 2.24) is 9.62 Å². The molecule has 7 nitrogen and oxygen atoms in total. The van der Waals surface area contributed by atoms with Crippen molar-refractivity contribution in [1.29, 1.82) is 0 Å². The van der Waals surface area contributed by atoms with Gasteiger partial charge in [0, 0.05) is 18.7 Å². The summed E-state index contributed by atoms with van der Waals surface area (Å²) >= 11 is 12.1. The van der Waals surface area contributed by atoms with Crippen LogP contribution in [0.5, 0.6) is 0 Å². The van der Waals surface area contributed by atoms with Crippen molar-refractivity contribution >= 4 is 50.7 Å². The minimum Gasteiger partial charge on any atom is -0.332 e. The van der Waals surface area contributed by atoms with E-state index >= 15 is 0 Å². The molecule has 0 aromatic heterocycles. The molecule has 10 heteroatoms. The van der Waals surface area contributed by atoms with Crippen molar-refractivity contribution in [3.63, 3.8) is 0 Å². The van der Waals surface area contributed by atoms with Gasteiger partial charge < -0.3 is 10.2 Å². The molecule has 0 saturated heterocycles. The van der Waals surface area contributed by atoms with Crippen LogP contribution >= 0.6 is 23.2 Å². The second-order valence-electron chi connectivity index (χ2n) is 7.44. The van der Waals surface area contributed by atoms with E-state index in [1.165, 1.54) is 36.2 Å². The van der Waals surface area contributed by atoms with Crippen LogP contribution in [-0.4, -0.2) is 44.8 Å². The third kappa shape index (κ3) is 5.98. The smallest absolute Gasteiger partial charge is 0.254 e. The van der Waals surface area contributed by atoms with Crippen LogP contribution in [0.25, 0.3) is 0 Å². The van der Waals surface area contributed by atoms with E-state index in [2.05, 4.69) is 10.0 Å². The zero-order valence-electron chi connectivity index (χ0n) is 16.9. The van der Waals surface area contributed by atoms with Gasteiger partial charge in [0.25, 0.3) is 5.91 Å². The van der Waals surface area contributed by atoms with E-state index in [-0.39, 0.29) is 38.8 Å². The number of halogens is 2. The van der Waals surface area contributed by atoms with Gasteiger partial charge in [0.2, 0.25) is 15.9 Å². The molecule has 31 heavy (non-hydrogen) atoms. The molecule has 1 aliphatic rings. The van der Waals surface area contributed by atoms with Crippen LogP contribution in [0, 0.1) is 0 Å². The number of para-hydroxylation sites is 1. The highest BCUT2D eigenvalue weighted by Gasteiger charge is 2.24. The van der Waals surface area contributed by atoms with Crippen molar-refractivity contribution in [3.8, 4) is 0 Å². The molecule has 2 aromatic carbocycles. The number of carbonyl (C=O) groups is 2. The quantitative estimate of drug-likeness (QED) is 0.623. The monoisotopic (exact) mass is 483 g/mol. The number of likely N-dealkylation sites (N-methyl/N-ethyl adjacent to an activating group) is 1. The zero-order valence-corrected chi connectivity index (χ0v) is 19.2. The fraction of sp³-hybridized carbons (Fsp3) is 0.333. The molecule has 0 atom stereocenters. The van der Waals surface area contributed by atoms with Gasteiger partial charge in [0.15, 0.2) is 0 Å². The Kier molecular flexibility index (Phi) is 7.59. The van der Waals surface area contributed by atoms with Crippen molar-refractivity contribution < 1.29 is 18.0 Å². The van der Waals surface area contributed by atoms with Gasteiger partial charge in [0.1, 0.15) is 0 Å².